The van der Waals surface area contributed by atoms with Crippen LogP contribution in [0, 0.1) is 0 Å². The van der Waals surface area contributed by atoms with Crippen molar-refractivity contribution in [3.8, 4) is 0 Å². The Morgan fingerprint density at radius 2 is 1.48 bits per heavy atom. The average molecular weight is 363 g/mol. The summed E-state index contributed by atoms with van der Waals surface area (Å²) in [5.74, 6) is -0.814. The standard InChI is InChI=1S/C18H16Cl2O2Si/c19-23(20,11-5-10-17(21)22)18-15-8-3-1-6-13(15)12-14-7-2-4-9-16(14)18/h1-4,6-9,12H,5,10-11H2,(H,21,22). The zero-order chi connectivity index (χ0) is 16.4. The monoisotopic (exact) mass is 362 g/mol. The van der Waals surface area contributed by atoms with E-state index in [4.69, 9.17) is 27.3 Å². The van der Waals surface area contributed by atoms with Gasteiger partial charge in [0.15, 0.2) is 0 Å². The highest BCUT2D eigenvalue weighted by Gasteiger charge is 2.34. The van der Waals surface area contributed by atoms with E-state index < -0.39 is 12.7 Å². The van der Waals surface area contributed by atoms with Crippen LogP contribution in [0.3, 0.4) is 0 Å². The Balaban J connectivity index is 2.17. The molecule has 0 saturated heterocycles. The lowest BCUT2D eigenvalue weighted by atomic mass is 10.0. The molecule has 0 radical (unpaired) electrons. The van der Waals surface area contributed by atoms with E-state index in [1.165, 1.54) is 0 Å². The number of benzene rings is 3. The van der Waals surface area contributed by atoms with Gasteiger partial charge in [0.2, 0.25) is 0 Å². The van der Waals surface area contributed by atoms with E-state index in [9.17, 15) is 4.79 Å². The van der Waals surface area contributed by atoms with E-state index in [-0.39, 0.29) is 6.42 Å². The van der Waals surface area contributed by atoms with Crippen LogP contribution in [0.1, 0.15) is 12.8 Å². The molecular weight excluding hydrogens is 347 g/mol. The second-order valence-corrected chi connectivity index (χ2v) is 12.5. The second-order valence-electron chi connectivity index (χ2n) is 5.65. The van der Waals surface area contributed by atoms with Crippen molar-refractivity contribution in [3.63, 3.8) is 0 Å². The topological polar surface area (TPSA) is 37.3 Å². The molecule has 1 N–H and O–H groups in total. The predicted molar refractivity (Wildman–Crippen MR) is 100 cm³/mol. The SMILES string of the molecule is O=C(O)CCC[Si](Cl)(Cl)c1c2ccccc2cc2ccccc12. The van der Waals surface area contributed by atoms with Gasteiger partial charge in [0.1, 0.15) is 0 Å². The smallest absolute Gasteiger partial charge is 0.303 e. The maximum atomic E-state index is 10.8. The number of carbonyl (C=O) groups is 1. The van der Waals surface area contributed by atoms with Gasteiger partial charge in [0.25, 0.3) is 6.69 Å². The molecule has 0 aliphatic rings. The highest BCUT2D eigenvalue weighted by Crippen LogP contribution is 2.31. The summed E-state index contributed by atoms with van der Waals surface area (Å²) in [5, 5.41) is 14.2. The van der Waals surface area contributed by atoms with Gasteiger partial charge in [0.05, 0.1) is 0 Å². The zero-order valence-corrected chi connectivity index (χ0v) is 14.9. The predicted octanol–water partition coefficient (Wildman–Crippen LogP) is 4.98. The lowest BCUT2D eigenvalue weighted by Gasteiger charge is -2.21. The molecule has 3 aromatic rings. The minimum atomic E-state index is -2.79. The number of carboxylic acids is 1. The summed E-state index contributed by atoms with van der Waals surface area (Å²) in [6, 6.07) is 18.8. The number of hydrogen-bond donors (Lipinski definition) is 1. The number of fused-ring (bicyclic) bond motifs is 2. The lowest BCUT2D eigenvalue weighted by Crippen LogP contribution is -2.37. The van der Waals surface area contributed by atoms with Gasteiger partial charge >= 0.3 is 5.97 Å². The Morgan fingerprint density at radius 1 is 0.957 bits per heavy atom. The summed E-state index contributed by atoms with van der Waals surface area (Å²) < 4.78 is 0. The van der Waals surface area contributed by atoms with Gasteiger partial charge in [-0.05, 0) is 45.3 Å². The van der Waals surface area contributed by atoms with Gasteiger partial charge in [-0.2, -0.15) is 0 Å². The van der Waals surface area contributed by atoms with Crippen LogP contribution in [0.2, 0.25) is 6.04 Å². The number of rotatable bonds is 5. The molecule has 118 valence electrons. The van der Waals surface area contributed by atoms with Crippen LogP contribution in [-0.4, -0.2) is 17.8 Å². The van der Waals surface area contributed by atoms with Crippen molar-refractivity contribution in [2.45, 2.75) is 18.9 Å². The second kappa shape index (κ2) is 6.52. The van der Waals surface area contributed by atoms with E-state index in [1.807, 2.05) is 36.4 Å². The highest BCUT2D eigenvalue weighted by atomic mass is 35.7. The molecule has 0 heterocycles. The normalized spacial score (nSPS) is 11.9. The quantitative estimate of drug-likeness (QED) is 0.394. The molecule has 0 aromatic heterocycles. The zero-order valence-electron chi connectivity index (χ0n) is 12.4. The average Bonchev–Trinajstić information content (AvgIpc) is 2.51. The van der Waals surface area contributed by atoms with E-state index >= 15 is 0 Å². The van der Waals surface area contributed by atoms with E-state index in [1.54, 1.807) is 0 Å². The first-order chi connectivity index (χ1) is 11.0. The molecule has 3 aromatic carbocycles. The molecule has 0 unspecified atom stereocenters. The Hall–Kier alpha value is -1.55. The van der Waals surface area contributed by atoms with Crippen LogP contribution in [0.4, 0.5) is 0 Å². The first-order valence-corrected chi connectivity index (χ1v) is 11.7. The summed E-state index contributed by atoms with van der Waals surface area (Å²) in [6.07, 6.45) is 0.586. The number of hydrogen-bond acceptors (Lipinski definition) is 1. The molecule has 0 saturated carbocycles. The Kier molecular flexibility index (Phi) is 4.62. The van der Waals surface area contributed by atoms with Crippen molar-refractivity contribution in [1.82, 2.24) is 0 Å². The molecule has 0 amide bonds. The lowest BCUT2D eigenvalue weighted by molar-refractivity contribution is -0.137. The van der Waals surface area contributed by atoms with Crippen LogP contribution in [0.5, 0.6) is 0 Å². The van der Waals surface area contributed by atoms with Gasteiger partial charge in [-0.25, -0.2) is 0 Å². The van der Waals surface area contributed by atoms with Crippen LogP contribution in [-0.2, 0) is 4.79 Å². The van der Waals surface area contributed by atoms with Crippen LogP contribution in [0.15, 0.2) is 54.6 Å². The van der Waals surface area contributed by atoms with Crippen LogP contribution in [0.25, 0.3) is 21.5 Å². The largest absolute Gasteiger partial charge is 0.481 e. The molecule has 5 heteroatoms. The first kappa shape index (κ1) is 16.3. The molecule has 0 bridgehead atoms. The highest BCUT2D eigenvalue weighted by molar-refractivity contribution is 7.51. The molecule has 0 aliphatic heterocycles. The van der Waals surface area contributed by atoms with E-state index in [0.717, 1.165) is 26.7 Å². The number of halogens is 2. The fourth-order valence-corrected chi connectivity index (χ4v) is 7.13. The van der Waals surface area contributed by atoms with E-state index in [2.05, 4.69) is 18.2 Å². The van der Waals surface area contributed by atoms with Crippen molar-refractivity contribution in [1.29, 1.82) is 0 Å². The van der Waals surface area contributed by atoms with Crippen molar-refractivity contribution < 1.29 is 9.90 Å². The maximum Gasteiger partial charge on any atom is 0.303 e. The van der Waals surface area contributed by atoms with Gasteiger partial charge in [-0.15, -0.1) is 22.2 Å². The molecule has 2 nitrogen and oxygen atoms in total. The Labute approximate surface area is 145 Å². The molecule has 0 spiro atoms. The van der Waals surface area contributed by atoms with Crippen molar-refractivity contribution in [2.24, 2.45) is 0 Å². The fourth-order valence-electron chi connectivity index (χ4n) is 2.99. The van der Waals surface area contributed by atoms with Gasteiger partial charge < -0.3 is 5.11 Å². The molecule has 0 aliphatic carbocycles. The van der Waals surface area contributed by atoms with Crippen LogP contribution >= 0.6 is 22.2 Å². The maximum absolute atomic E-state index is 10.8. The Morgan fingerprint density at radius 3 is 2.00 bits per heavy atom. The molecule has 0 atom stereocenters. The number of carboxylic acid groups (broad SMARTS) is 1. The summed E-state index contributed by atoms with van der Waals surface area (Å²) >= 11 is 13.6. The van der Waals surface area contributed by atoms with Gasteiger partial charge in [0, 0.05) is 6.42 Å². The molecule has 0 fully saturated rings. The summed E-state index contributed by atoms with van der Waals surface area (Å²) in [4.78, 5) is 10.8. The van der Waals surface area contributed by atoms with Crippen molar-refractivity contribution in [2.75, 3.05) is 0 Å². The third kappa shape index (κ3) is 3.37. The minimum absolute atomic E-state index is 0.0941. The minimum Gasteiger partial charge on any atom is -0.481 e. The third-order valence-electron chi connectivity index (χ3n) is 4.02. The molecular formula is C18H16Cl2O2Si. The van der Waals surface area contributed by atoms with Crippen molar-refractivity contribution >= 4 is 61.6 Å². The first-order valence-electron chi connectivity index (χ1n) is 7.49. The van der Waals surface area contributed by atoms with Gasteiger partial charge in [-0.3, -0.25) is 4.79 Å². The summed E-state index contributed by atoms with van der Waals surface area (Å²) in [5.41, 5.74) is 0. The van der Waals surface area contributed by atoms with Gasteiger partial charge in [-0.1, -0.05) is 48.5 Å². The van der Waals surface area contributed by atoms with Crippen molar-refractivity contribution in [3.05, 3.63) is 54.6 Å². The number of aliphatic carboxylic acids is 1. The third-order valence-corrected chi connectivity index (χ3v) is 8.54. The molecule has 3 rings (SSSR count). The Bertz CT molecular complexity index is 823. The fraction of sp³-hybridized carbons (Fsp3) is 0.167. The molecule has 23 heavy (non-hydrogen) atoms. The van der Waals surface area contributed by atoms with E-state index in [0.29, 0.717) is 12.5 Å². The summed E-state index contributed by atoms with van der Waals surface area (Å²) in [6.45, 7) is -2.79. The van der Waals surface area contributed by atoms with Crippen LogP contribution < -0.4 is 5.19 Å². The summed E-state index contributed by atoms with van der Waals surface area (Å²) in [7, 11) is 0.